The molecule has 3 aromatic rings. The summed E-state index contributed by atoms with van der Waals surface area (Å²) >= 11 is 2.62. The van der Waals surface area contributed by atoms with E-state index in [1.807, 2.05) is 4.57 Å². The van der Waals surface area contributed by atoms with E-state index in [0.29, 0.717) is 28.4 Å². The molecule has 0 atom stereocenters. The minimum absolute atomic E-state index is 0.165. The SMILES string of the molecule is C=CCn1c(COc2ccc(F)cc2)nnc1SCC(=O)Nc1nccs1. The highest BCUT2D eigenvalue weighted by Crippen LogP contribution is 2.20. The van der Waals surface area contributed by atoms with Crippen LogP contribution in [0.2, 0.25) is 0 Å². The van der Waals surface area contributed by atoms with Crippen molar-refractivity contribution in [2.24, 2.45) is 0 Å². The van der Waals surface area contributed by atoms with Crippen LogP contribution in [0.15, 0.2) is 53.7 Å². The van der Waals surface area contributed by atoms with E-state index in [1.165, 1.54) is 35.2 Å². The lowest BCUT2D eigenvalue weighted by atomic mass is 10.3. The monoisotopic (exact) mass is 405 g/mol. The number of allylic oxidation sites excluding steroid dienone is 1. The van der Waals surface area contributed by atoms with Crippen LogP contribution >= 0.6 is 23.1 Å². The van der Waals surface area contributed by atoms with Crippen molar-refractivity contribution in [2.45, 2.75) is 18.3 Å². The first kappa shape index (κ1) is 19.1. The number of thioether (sulfide) groups is 1. The summed E-state index contributed by atoms with van der Waals surface area (Å²) in [5.41, 5.74) is 0. The Morgan fingerprint density at radius 3 is 2.89 bits per heavy atom. The molecule has 10 heteroatoms. The van der Waals surface area contributed by atoms with Gasteiger partial charge in [-0.15, -0.1) is 28.1 Å². The molecule has 0 aliphatic carbocycles. The normalized spacial score (nSPS) is 10.6. The Hall–Kier alpha value is -2.72. The van der Waals surface area contributed by atoms with Gasteiger partial charge in [-0.3, -0.25) is 9.36 Å². The molecule has 1 amide bonds. The fraction of sp³-hybridized carbons (Fsp3) is 0.176. The summed E-state index contributed by atoms with van der Waals surface area (Å²) in [6.45, 7) is 4.38. The Morgan fingerprint density at radius 1 is 1.37 bits per heavy atom. The Bertz CT molecular complexity index is 897. The summed E-state index contributed by atoms with van der Waals surface area (Å²) in [6, 6.07) is 5.74. The number of anilines is 1. The van der Waals surface area contributed by atoms with E-state index in [4.69, 9.17) is 4.74 Å². The Labute approximate surface area is 163 Å². The largest absolute Gasteiger partial charge is 0.486 e. The quantitative estimate of drug-likeness (QED) is 0.434. The minimum atomic E-state index is -0.327. The highest BCUT2D eigenvalue weighted by atomic mass is 32.2. The van der Waals surface area contributed by atoms with Crippen molar-refractivity contribution in [1.29, 1.82) is 0 Å². The second-order valence-corrected chi connectivity index (χ2v) is 7.05. The molecular formula is C17H16FN5O2S2. The lowest BCUT2D eigenvalue weighted by Crippen LogP contribution is -2.14. The molecule has 140 valence electrons. The number of benzene rings is 1. The van der Waals surface area contributed by atoms with E-state index >= 15 is 0 Å². The topological polar surface area (TPSA) is 81.9 Å². The predicted molar refractivity (Wildman–Crippen MR) is 102 cm³/mol. The molecule has 3 rings (SSSR count). The van der Waals surface area contributed by atoms with Crippen molar-refractivity contribution in [2.75, 3.05) is 11.1 Å². The van der Waals surface area contributed by atoms with Crippen LogP contribution in [0.25, 0.3) is 0 Å². The number of aromatic nitrogens is 4. The fourth-order valence-electron chi connectivity index (χ4n) is 2.09. The van der Waals surface area contributed by atoms with Crippen LogP contribution in [0.5, 0.6) is 5.75 Å². The highest BCUT2D eigenvalue weighted by molar-refractivity contribution is 7.99. The Balaban J connectivity index is 1.60. The summed E-state index contributed by atoms with van der Waals surface area (Å²) in [5, 5.41) is 13.9. The molecule has 1 N–H and O–H groups in total. The lowest BCUT2D eigenvalue weighted by molar-refractivity contribution is -0.113. The molecule has 0 aliphatic heterocycles. The molecule has 2 aromatic heterocycles. The van der Waals surface area contributed by atoms with Crippen molar-refractivity contribution in [1.82, 2.24) is 19.7 Å². The van der Waals surface area contributed by atoms with Gasteiger partial charge in [-0.25, -0.2) is 9.37 Å². The molecule has 0 fully saturated rings. The van der Waals surface area contributed by atoms with Crippen molar-refractivity contribution in [3.05, 3.63) is 60.1 Å². The molecule has 27 heavy (non-hydrogen) atoms. The zero-order chi connectivity index (χ0) is 19.1. The second kappa shape index (κ2) is 9.28. The standard InChI is InChI=1S/C17H16FN5O2S2/c1-2-8-23-14(10-25-13-5-3-12(18)4-6-13)21-22-17(23)27-11-15(24)20-16-19-7-9-26-16/h2-7,9H,1,8,10-11H2,(H,19,20,24). The van der Waals surface area contributed by atoms with Crippen LogP contribution in [0.1, 0.15) is 5.82 Å². The fourth-order valence-corrected chi connectivity index (χ4v) is 3.41. The Kier molecular flexibility index (Phi) is 6.55. The number of ether oxygens (including phenoxy) is 1. The van der Waals surface area contributed by atoms with Gasteiger partial charge >= 0.3 is 0 Å². The maximum Gasteiger partial charge on any atom is 0.236 e. The number of nitrogens with one attached hydrogen (secondary N) is 1. The molecule has 1 aromatic carbocycles. The zero-order valence-corrected chi connectivity index (χ0v) is 15.8. The number of halogens is 1. The number of hydrogen-bond acceptors (Lipinski definition) is 7. The van der Waals surface area contributed by atoms with Crippen LogP contribution in [0.3, 0.4) is 0 Å². The minimum Gasteiger partial charge on any atom is -0.486 e. The van der Waals surface area contributed by atoms with E-state index in [-0.39, 0.29) is 24.1 Å². The number of carbonyl (C=O) groups excluding carboxylic acids is 1. The molecule has 0 aliphatic rings. The maximum absolute atomic E-state index is 13.0. The van der Waals surface area contributed by atoms with Crippen LogP contribution in [0, 0.1) is 5.82 Å². The highest BCUT2D eigenvalue weighted by Gasteiger charge is 2.14. The third kappa shape index (κ3) is 5.38. The lowest BCUT2D eigenvalue weighted by Gasteiger charge is -2.09. The van der Waals surface area contributed by atoms with E-state index in [0.717, 1.165) is 0 Å². The average Bonchev–Trinajstić information content (AvgIpc) is 3.30. The summed E-state index contributed by atoms with van der Waals surface area (Å²) in [6.07, 6.45) is 3.34. The summed E-state index contributed by atoms with van der Waals surface area (Å²) in [4.78, 5) is 16.0. The number of hydrogen-bond donors (Lipinski definition) is 1. The van der Waals surface area contributed by atoms with Crippen molar-refractivity contribution in [3.8, 4) is 5.75 Å². The number of rotatable bonds is 9. The van der Waals surface area contributed by atoms with Gasteiger partial charge in [-0.1, -0.05) is 17.8 Å². The summed E-state index contributed by atoms with van der Waals surface area (Å²) < 4.78 is 20.4. The molecule has 0 unspecified atom stereocenters. The first-order valence-electron chi connectivity index (χ1n) is 7.89. The molecular weight excluding hydrogens is 389 g/mol. The van der Waals surface area contributed by atoms with Crippen molar-refractivity contribution >= 4 is 34.1 Å². The van der Waals surface area contributed by atoms with Gasteiger partial charge in [0, 0.05) is 18.1 Å². The molecule has 0 bridgehead atoms. The number of nitrogens with zero attached hydrogens (tertiary/aromatic N) is 4. The van der Waals surface area contributed by atoms with Crippen LogP contribution in [-0.2, 0) is 17.9 Å². The van der Waals surface area contributed by atoms with Gasteiger partial charge in [-0.05, 0) is 24.3 Å². The molecule has 7 nitrogen and oxygen atoms in total. The molecule has 0 saturated heterocycles. The second-order valence-electron chi connectivity index (χ2n) is 5.21. The first-order chi connectivity index (χ1) is 13.2. The number of amides is 1. The van der Waals surface area contributed by atoms with Gasteiger partial charge in [0.05, 0.1) is 5.75 Å². The smallest absolute Gasteiger partial charge is 0.236 e. The molecule has 2 heterocycles. The Morgan fingerprint density at radius 2 is 2.19 bits per heavy atom. The van der Waals surface area contributed by atoms with E-state index < -0.39 is 0 Å². The summed E-state index contributed by atoms with van der Waals surface area (Å²) in [7, 11) is 0. The third-order valence-corrected chi connectivity index (χ3v) is 4.95. The average molecular weight is 405 g/mol. The molecule has 0 saturated carbocycles. The van der Waals surface area contributed by atoms with Gasteiger partial charge in [0.15, 0.2) is 16.1 Å². The van der Waals surface area contributed by atoms with Gasteiger partial charge in [0.25, 0.3) is 0 Å². The van der Waals surface area contributed by atoms with E-state index in [9.17, 15) is 9.18 Å². The first-order valence-corrected chi connectivity index (χ1v) is 9.75. The van der Waals surface area contributed by atoms with Gasteiger partial charge in [0.2, 0.25) is 5.91 Å². The molecule has 0 spiro atoms. The van der Waals surface area contributed by atoms with Gasteiger partial charge in [0.1, 0.15) is 18.2 Å². The third-order valence-electron chi connectivity index (χ3n) is 3.30. The predicted octanol–water partition coefficient (Wildman–Crippen LogP) is 3.37. The van der Waals surface area contributed by atoms with Crippen LogP contribution in [0.4, 0.5) is 9.52 Å². The number of carbonyl (C=O) groups is 1. The van der Waals surface area contributed by atoms with Gasteiger partial charge < -0.3 is 10.1 Å². The maximum atomic E-state index is 13.0. The van der Waals surface area contributed by atoms with Crippen molar-refractivity contribution in [3.63, 3.8) is 0 Å². The zero-order valence-electron chi connectivity index (χ0n) is 14.2. The number of thiazole rings is 1. The van der Waals surface area contributed by atoms with Crippen LogP contribution in [-0.4, -0.2) is 31.4 Å². The van der Waals surface area contributed by atoms with E-state index in [1.54, 1.807) is 29.8 Å². The summed E-state index contributed by atoms with van der Waals surface area (Å²) in [5.74, 6) is 0.788. The van der Waals surface area contributed by atoms with E-state index in [2.05, 4.69) is 27.1 Å². The molecule has 0 radical (unpaired) electrons. The van der Waals surface area contributed by atoms with Crippen molar-refractivity contribution < 1.29 is 13.9 Å². The van der Waals surface area contributed by atoms with Crippen LogP contribution < -0.4 is 10.1 Å². The van der Waals surface area contributed by atoms with Gasteiger partial charge in [-0.2, -0.15) is 0 Å².